The smallest absolute Gasteiger partial charge is 0.281 e. The largest absolute Gasteiger partial charge is 0.378 e. The van der Waals surface area contributed by atoms with Gasteiger partial charge in [0.1, 0.15) is 4.88 Å². The van der Waals surface area contributed by atoms with Crippen molar-refractivity contribution in [2.24, 2.45) is 5.92 Å². The van der Waals surface area contributed by atoms with Gasteiger partial charge in [0, 0.05) is 32.6 Å². The Morgan fingerprint density at radius 2 is 1.88 bits per heavy atom. The molecule has 170 valence electrons. The van der Waals surface area contributed by atoms with E-state index in [1.807, 2.05) is 31.2 Å². The van der Waals surface area contributed by atoms with Gasteiger partial charge in [-0.25, -0.2) is 4.98 Å². The topological polar surface area (TPSA) is 104 Å². The van der Waals surface area contributed by atoms with Crippen LogP contribution in [0.5, 0.6) is 0 Å². The van der Waals surface area contributed by atoms with E-state index in [9.17, 15) is 14.4 Å². The summed E-state index contributed by atoms with van der Waals surface area (Å²) in [5.74, 6) is -1.34. The predicted molar refractivity (Wildman–Crippen MR) is 120 cm³/mol. The number of nitrogens with zero attached hydrogens (tertiary/aromatic N) is 3. The molecule has 3 heterocycles. The second kappa shape index (κ2) is 9.66. The first kappa shape index (κ1) is 22.2. The van der Waals surface area contributed by atoms with Crippen molar-refractivity contribution >= 4 is 34.2 Å². The fourth-order valence-corrected chi connectivity index (χ4v) is 4.79. The molecule has 10 heteroatoms. The van der Waals surface area contributed by atoms with Crippen molar-refractivity contribution in [3.63, 3.8) is 0 Å². The van der Waals surface area contributed by atoms with Gasteiger partial charge in [-0.05, 0) is 19.4 Å². The molecule has 2 aliphatic heterocycles. The standard InChI is InChI=1S/C22H27N5O4S/c1-14-3-5-16(6-4-14)12-27-13-17(11-18(27)28)20(29)24-25-21(30)19-15(2)23-22(32-19)26-7-9-31-10-8-26/h3-6,17H,7-13H2,1-2H3,(H,24,29)(H,25,30). The van der Waals surface area contributed by atoms with Gasteiger partial charge >= 0.3 is 0 Å². The molecule has 2 fully saturated rings. The van der Waals surface area contributed by atoms with Crippen molar-refractivity contribution in [2.45, 2.75) is 26.8 Å². The van der Waals surface area contributed by atoms with Crippen LogP contribution in [0, 0.1) is 19.8 Å². The van der Waals surface area contributed by atoms with Crippen LogP contribution in [-0.2, 0) is 20.9 Å². The maximum atomic E-state index is 12.6. The van der Waals surface area contributed by atoms with Gasteiger partial charge in [-0.15, -0.1) is 0 Å². The Kier molecular flexibility index (Phi) is 6.71. The van der Waals surface area contributed by atoms with Crippen LogP contribution < -0.4 is 15.8 Å². The Morgan fingerprint density at radius 3 is 2.59 bits per heavy atom. The quantitative estimate of drug-likeness (QED) is 0.658. The van der Waals surface area contributed by atoms with Gasteiger partial charge in [-0.1, -0.05) is 41.2 Å². The number of morpholine rings is 1. The number of anilines is 1. The van der Waals surface area contributed by atoms with Crippen molar-refractivity contribution in [1.29, 1.82) is 0 Å². The molecule has 4 rings (SSSR count). The number of benzene rings is 1. The average molecular weight is 458 g/mol. The number of carbonyl (C=O) groups excluding carboxylic acids is 3. The van der Waals surface area contributed by atoms with Crippen molar-refractivity contribution in [1.82, 2.24) is 20.7 Å². The number of rotatable bonds is 5. The van der Waals surface area contributed by atoms with Crippen molar-refractivity contribution in [3.05, 3.63) is 46.0 Å². The highest BCUT2D eigenvalue weighted by atomic mass is 32.1. The lowest BCUT2D eigenvalue weighted by atomic mass is 10.1. The number of carbonyl (C=O) groups is 3. The zero-order valence-electron chi connectivity index (χ0n) is 18.2. The Balaban J connectivity index is 1.30. The summed E-state index contributed by atoms with van der Waals surface area (Å²) >= 11 is 1.29. The number of ether oxygens (including phenoxy) is 1. The molecule has 1 unspecified atom stereocenters. The van der Waals surface area contributed by atoms with E-state index in [4.69, 9.17) is 4.74 Å². The van der Waals surface area contributed by atoms with Gasteiger partial charge < -0.3 is 14.5 Å². The molecule has 3 amide bonds. The molecule has 1 atom stereocenters. The number of hydrogen-bond acceptors (Lipinski definition) is 7. The average Bonchev–Trinajstić information content (AvgIpc) is 3.37. The normalized spacial score (nSPS) is 18.7. The number of hydrazine groups is 1. The summed E-state index contributed by atoms with van der Waals surface area (Å²) < 4.78 is 5.35. The van der Waals surface area contributed by atoms with Crippen LogP contribution in [0.2, 0.25) is 0 Å². The minimum absolute atomic E-state index is 0.0643. The van der Waals surface area contributed by atoms with Crippen LogP contribution in [0.3, 0.4) is 0 Å². The highest BCUT2D eigenvalue weighted by Crippen LogP contribution is 2.26. The van der Waals surface area contributed by atoms with Gasteiger partial charge in [0.25, 0.3) is 5.91 Å². The van der Waals surface area contributed by atoms with Crippen molar-refractivity contribution in [2.75, 3.05) is 37.7 Å². The maximum Gasteiger partial charge on any atom is 0.281 e. The zero-order chi connectivity index (χ0) is 22.7. The van der Waals surface area contributed by atoms with Crippen LogP contribution in [0.25, 0.3) is 0 Å². The predicted octanol–water partition coefficient (Wildman–Crippen LogP) is 1.41. The summed E-state index contributed by atoms with van der Waals surface area (Å²) in [4.78, 5) is 46.2. The van der Waals surface area contributed by atoms with E-state index in [0.717, 1.165) is 29.3 Å². The van der Waals surface area contributed by atoms with Crippen LogP contribution in [0.1, 0.15) is 32.9 Å². The van der Waals surface area contributed by atoms with Crippen LogP contribution in [-0.4, -0.2) is 60.5 Å². The highest BCUT2D eigenvalue weighted by molar-refractivity contribution is 7.17. The molecule has 1 aromatic carbocycles. The Hall–Kier alpha value is -2.98. The van der Waals surface area contributed by atoms with E-state index in [-0.39, 0.29) is 18.2 Å². The van der Waals surface area contributed by atoms with E-state index < -0.39 is 11.8 Å². The van der Waals surface area contributed by atoms with Crippen LogP contribution in [0.4, 0.5) is 5.13 Å². The lowest BCUT2D eigenvalue weighted by Crippen LogP contribution is -2.45. The van der Waals surface area contributed by atoms with E-state index >= 15 is 0 Å². The lowest BCUT2D eigenvalue weighted by Gasteiger charge is -2.25. The molecule has 9 nitrogen and oxygen atoms in total. The third-order valence-corrected chi connectivity index (χ3v) is 6.87. The molecular weight excluding hydrogens is 430 g/mol. The molecule has 1 aromatic heterocycles. The molecule has 2 aromatic rings. The second-order valence-electron chi connectivity index (χ2n) is 8.11. The molecular formula is C22H27N5O4S. The van der Waals surface area contributed by atoms with E-state index in [2.05, 4.69) is 20.7 Å². The zero-order valence-corrected chi connectivity index (χ0v) is 19.0. The number of aryl methyl sites for hydroxylation is 2. The minimum Gasteiger partial charge on any atom is -0.378 e. The molecule has 32 heavy (non-hydrogen) atoms. The highest BCUT2D eigenvalue weighted by Gasteiger charge is 2.34. The number of amides is 3. The lowest BCUT2D eigenvalue weighted by molar-refractivity contribution is -0.129. The molecule has 0 saturated carbocycles. The van der Waals surface area contributed by atoms with Crippen molar-refractivity contribution in [3.8, 4) is 0 Å². The maximum absolute atomic E-state index is 12.6. The number of thiazole rings is 1. The fraction of sp³-hybridized carbons (Fsp3) is 0.455. The molecule has 0 radical (unpaired) electrons. The van der Waals surface area contributed by atoms with Gasteiger partial charge in [-0.2, -0.15) is 0 Å². The van der Waals surface area contributed by atoms with Crippen LogP contribution >= 0.6 is 11.3 Å². The van der Waals surface area contributed by atoms with E-state index in [1.165, 1.54) is 11.3 Å². The van der Waals surface area contributed by atoms with E-state index in [1.54, 1.807) is 11.8 Å². The summed E-state index contributed by atoms with van der Waals surface area (Å²) in [6.07, 6.45) is 0.133. The number of hydrogen-bond donors (Lipinski definition) is 2. The van der Waals surface area contributed by atoms with Gasteiger partial charge in [-0.3, -0.25) is 25.2 Å². The number of aromatic nitrogens is 1. The number of nitrogens with one attached hydrogen (secondary N) is 2. The number of likely N-dealkylation sites (tertiary alicyclic amines) is 1. The first-order valence-electron chi connectivity index (χ1n) is 10.6. The Morgan fingerprint density at radius 1 is 1.16 bits per heavy atom. The Labute approximate surface area is 190 Å². The van der Waals surface area contributed by atoms with Gasteiger partial charge in [0.15, 0.2) is 5.13 Å². The third-order valence-electron chi connectivity index (χ3n) is 5.65. The first-order chi connectivity index (χ1) is 15.4. The fourth-order valence-electron chi connectivity index (χ4n) is 3.77. The third kappa shape index (κ3) is 5.08. The summed E-state index contributed by atoms with van der Waals surface area (Å²) in [5.41, 5.74) is 7.75. The van der Waals surface area contributed by atoms with Crippen LogP contribution in [0.15, 0.2) is 24.3 Å². The summed E-state index contributed by atoms with van der Waals surface area (Å²) in [6, 6.07) is 7.97. The molecule has 2 aliphatic rings. The summed E-state index contributed by atoms with van der Waals surface area (Å²) in [5, 5.41) is 0.774. The second-order valence-corrected chi connectivity index (χ2v) is 9.09. The first-order valence-corrected chi connectivity index (χ1v) is 11.5. The summed E-state index contributed by atoms with van der Waals surface area (Å²) in [6.45, 7) is 7.33. The summed E-state index contributed by atoms with van der Waals surface area (Å²) in [7, 11) is 0. The van der Waals surface area contributed by atoms with Crippen molar-refractivity contribution < 1.29 is 19.1 Å². The molecule has 0 bridgehead atoms. The Bertz CT molecular complexity index is 1000. The van der Waals surface area contributed by atoms with Gasteiger partial charge in [0.05, 0.1) is 24.8 Å². The molecule has 2 N–H and O–H groups in total. The SMILES string of the molecule is Cc1ccc(CN2CC(C(=O)NNC(=O)c3sc(N4CCOCC4)nc3C)CC2=O)cc1. The molecule has 0 aliphatic carbocycles. The molecule has 2 saturated heterocycles. The van der Waals surface area contributed by atoms with E-state index in [0.29, 0.717) is 36.9 Å². The van der Waals surface area contributed by atoms with Gasteiger partial charge in [0.2, 0.25) is 11.8 Å². The minimum atomic E-state index is -0.500. The monoisotopic (exact) mass is 457 g/mol. The molecule has 0 spiro atoms.